The zero-order valence-electron chi connectivity index (χ0n) is 11.1. The SMILES string of the molecule is O=C(NCCF)NC1CCOC(c2ccc(F)cc2)C1. The van der Waals surface area contributed by atoms with Crippen LogP contribution in [-0.2, 0) is 4.74 Å². The molecule has 110 valence electrons. The molecular formula is C14H18F2N2O2. The predicted molar refractivity (Wildman–Crippen MR) is 70.6 cm³/mol. The lowest BCUT2D eigenvalue weighted by atomic mass is 9.97. The van der Waals surface area contributed by atoms with Gasteiger partial charge in [0, 0.05) is 19.2 Å². The third-order valence-corrected chi connectivity index (χ3v) is 3.24. The molecule has 2 amide bonds. The molecule has 1 aliphatic heterocycles. The van der Waals surface area contributed by atoms with Crippen LogP contribution in [0.5, 0.6) is 0 Å². The standard InChI is InChI=1S/C14H18F2N2O2/c15-6-7-17-14(19)18-12-5-8-20-13(9-12)10-1-3-11(16)4-2-10/h1-4,12-13H,5-9H2,(H2,17,18,19). The summed E-state index contributed by atoms with van der Waals surface area (Å²) in [7, 11) is 0. The van der Waals surface area contributed by atoms with E-state index >= 15 is 0 Å². The first-order valence-electron chi connectivity index (χ1n) is 6.66. The molecule has 1 heterocycles. The fourth-order valence-electron chi connectivity index (χ4n) is 2.23. The maximum Gasteiger partial charge on any atom is 0.315 e. The minimum absolute atomic E-state index is 0.0104. The number of carbonyl (C=O) groups excluding carboxylic acids is 1. The average molecular weight is 284 g/mol. The molecule has 0 bridgehead atoms. The van der Waals surface area contributed by atoms with E-state index in [1.54, 1.807) is 12.1 Å². The Hall–Kier alpha value is -1.69. The Morgan fingerprint density at radius 3 is 2.80 bits per heavy atom. The van der Waals surface area contributed by atoms with E-state index in [4.69, 9.17) is 4.74 Å². The van der Waals surface area contributed by atoms with E-state index in [0.717, 1.165) is 5.56 Å². The van der Waals surface area contributed by atoms with Crippen molar-refractivity contribution in [2.45, 2.75) is 25.0 Å². The fourth-order valence-corrected chi connectivity index (χ4v) is 2.23. The average Bonchev–Trinajstić information content (AvgIpc) is 2.46. The molecule has 4 nitrogen and oxygen atoms in total. The first-order chi connectivity index (χ1) is 9.69. The van der Waals surface area contributed by atoms with E-state index in [9.17, 15) is 13.6 Å². The molecule has 2 atom stereocenters. The highest BCUT2D eigenvalue weighted by Gasteiger charge is 2.25. The van der Waals surface area contributed by atoms with E-state index in [2.05, 4.69) is 10.6 Å². The number of carbonyl (C=O) groups is 1. The molecule has 1 aliphatic rings. The summed E-state index contributed by atoms with van der Waals surface area (Å²) in [5.74, 6) is -0.287. The Morgan fingerprint density at radius 2 is 2.10 bits per heavy atom. The van der Waals surface area contributed by atoms with Gasteiger partial charge >= 0.3 is 6.03 Å². The van der Waals surface area contributed by atoms with Gasteiger partial charge in [0.05, 0.1) is 6.10 Å². The summed E-state index contributed by atoms with van der Waals surface area (Å²) in [6.45, 7) is -0.0497. The second-order valence-corrected chi connectivity index (χ2v) is 4.72. The van der Waals surface area contributed by atoms with Crippen LogP contribution in [0.1, 0.15) is 24.5 Å². The van der Waals surface area contributed by atoms with Gasteiger partial charge in [-0.15, -0.1) is 0 Å². The van der Waals surface area contributed by atoms with Crippen molar-refractivity contribution in [3.8, 4) is 0 Å². The van der Waals surface area contributed by atoms with Crippen LogP contribution in [0.4, 0.5) is 13.6 Å². The van der Waals surface area contributed by atoms with Gasteiger partial charge in [-0.05, 0) is 30.5 Å². The van der Waals surface area contributed by atoms with Crippen LogP contribution in [0.3, 0.4) is 0 Å². The molecule has 1 aromatic carbocycles. The Kier molecular flexibility index (Phi) is 5.29. The van der Waals surface area contributed by atoms with Crippen LogP contribution < -0.4 is 10.6 Å². The Labute approximate surface area is 116 Å². The lowest BCUT2D eigenvalue weighted by Gasteiger charge is -2.30. The smallest absolute Gasteiger partial charge is 0.315 e. The number of hydrogen-bond donors (Lipinski definition) is 2. The van der Waals surface area contributed by atoms with Gasteiger partial charge in [-0.2, -0.15) is 0 Å². The van der Waals surface area contributed by atoms with Gasteiger partial charge < -0.3 is 15.4 Å². The number of nitrogens with one attached hydrogen (secondary N) is 2. The molecule has 6 heteroatoms. The van der Waals surface area contributed by atoms with Crippen LogP contribution in [0.2, 0.25) is 0 Å². The summed E-state index contributed by atoms with van der Waals surface area (Å²) in [6.07, 6.45) is 1.17. The van der Waals surface area contributed by atoms with E-state index < -0.39 is 6.67 Å². The van der Waals surface area contributed by atoms with Crippen molar-refractivity contribution in [3.63, 3.8) is 0 Å². The first-order valence-corrected chi connectivity index (χ1v) is 6.66. The molecular weight excluding hydrogens is 266 g/mol. The van der Waals surface area contributed by atoms with Gasteiger partial charge in [0.25, 0.3) is 0 Å². The van der Waals surface area contributed by atoms with Crippen molar-refractivity contribution in [2.24, 2.45) is 0 Å². The summed E-state index contributed by atoms with van der Waals surface area (Å²) in [6, 6.07) is 5.76. The molecule has 2 rings (SSSR count). The third kappa shape index (κ3) is 4.16. The van der Waals surface area contributed by atoms with Crippen LogP contribution in [0, 0.1) is 5.82 Å². The maximum absolute atomic E-state index is 12.9. The lowest BCUT2D eigenvalue weighted by molar-refractivity contribution is 0.00223. The predicted octanol–water partition coefficient (Wildman–Crippen LogP) is 2.31. The van der Waals surface area contributed by atoms with Crippen LogP contribution >= 0.6 is 0 Å². The minimum Gasteiger partial charge on any atom is -0.373 e. The van der Waals surface area contributed by atoms with Gasteiger partial charge in [-0.25, -0.2) is 13.6 Å². The zero-order valence-corrected chi connectivity index (χ0v) is 11.1. The van der Waals surface area contributed by atoms with Crippen molar-refractivity contribution < 1.29 is 18.3 Å². The Morgan fingerprint density at radius 1 is 1.35 bits per heavy atom. The Balaban J connectivity index is 1.88. The quantitative estimate of drug-likeness (QED) is 0.891. The zero-order chi connectivity index (χ0) is 14.4. The second-order valence-electron chi connectivity index (χ2n) is 4.72. The summed E-state index contributed by atoms with van der Waals surface area (Å²) in [5.41, 5.74) is 0.891. The molecule has 1 fully saturated rings. The van der Waals surface area contributed by atoms with Crippen molar-refractivity contribution in [1.29, 1.82) is 0 Å². The van der Waals surface area contributed by atoms with Gasteiger partial charge in [0.15, 0.2) is 0 Å². The molecule has 0 radical (unpaired) electrons. The van der Waals surface area contributed by atoms with Crippen molar-refractivity contribution in [2.75, 3.05) is 19.8 Å². The highest BCUT2D eigenvalue weighted by Crippen LogP contribution is 2.28. The summed E-state index contributed by atoms with van der Waals surface area (Å²) in [5, 5.41) is 5.22. The molecule has 1 aromatic rings. The monoisotopic (exact) mass is 284 g/mol. The van der Waals surface area contributed by atoms with Crippen molar-refractivity contribution in [3.05, 3.63) is 35.6 Å². The van der Waals surface area contributed by atoms with Gasteiger partial charge in [-0.3, -0.25) is 0 Å². The number of urea groups is 1. The molecule has 2 N–H and O–H groups in total. The normalized spacial score (nSPS) is 22.3. The molecule has 0 aromatic heterocycles. The number of alkyl halides is 1. The number of rotatable bonds is 4. The minimum atomic E-state index is -0.584. The maximum atomic E-state index is 12.9. The number of amides is 2. The molecule has 0 aliphatic carbocycles. The lowest BCUT2D eigenvalue weighted by Crippen LogP contribution is -2.45. The molecule has 2 unspecified atom stereocenters. The first kappa shape index (κ1) is 14.7. The van der Waals surface area contributed by atoms with Gasteiger partial charge in [0.2, 0.25) is 0 Å². The van der Waals surface area contributed by atoms with Crippen molar-refractivity contribution >= 4 is 6.03 Å². The topological polar surface area (TPSA) is 50.4 Å². The highest BCUT2D eigenvalue weighted by atomic mass is 19.1. The number of halogens is 2. The molecule has 20 heavy (non-hydrogen) atoms. The fraction of sp³-hybridized carbons (Fsp3) is 0.500. The second kappa shape index (κ2) is 7.19. The Bertz CT molecular complexity index is 439. The summed E-state index contributed by atoms with van der Waals surface area (Å²) < 4.78 is 30.5. The summed E-state index contributed by atoms with van der Waals surface area (Å²) in [4.78, 5) is 11.5. The third-order valence-electron chi connectivity index (χ3n) is 3.24. The molecule has 0 spiro atoms. The number of ether oxygens (including phenoxy) is 1. The van der Waals surface area contributed by atoms with E-state index in [0.29, 0.717) is 19.4 Å². The van der Waals surface area contributed by atoms with Gasteiger partial charge in [-0.1, -0.05) is 12.1 Å². The largest absolute Gasteiger partial charge is 0.373 e. The van der Waals surface area contributed by atoms with E-state index in [1.165, 1.54) is 12.1 Å². The molecule has 1 saturated heterocycles. The van der Waals surface area contributed by atoms with Gasteiger partial charge in [0.1, 0.15) is 12.5 Å². The van der Waals surface area contributed by atoms with Crippen molar-refractivity contribution in [1.82, 2.24) is 10.6 Å². The van der Waals surface area contributed by atoms with E-state index in [1.807, 2.05) is 0 Å². The number of hydrogen-bond acceptors (Lipinski definition) is 2. The van der Waals surface area contributed by atoms with Crippen LogP contribution in [0.15, 0.2) is 24.3 Å². The molecule has 0 saturated carbocycles. The van der Waals surface area contributed by atoms with Crippen LogP contribution in [0.25, 0.3) is 0 Å². The van der Waals surface area contributed by atoms with Crippen LogP contribution in [-0.4, -0.2) is 31.9 Å². The highest BCUT2D eigenvalue weighted by molar-refractivity contribution is 5.74. The number of benzene rings is 1. The summed E-state index contributed by atoms with van der Waals surface area (Å²) >= 11 is 0. The van der Waals surface area contributed by atoms with E-state index in [-0.39, 0.29) is 30.5 Å².